The Balaban J connectivity index is 0.769. The van der Waals surface area contributed by atoms with Gasteiger partial charge in [-0.1, -0.05) is 352 Å². The number of hydrogen-bond acceptors (Lipinski definition) is 3. The van der Waals surface area contributed by atoms with Crippen molar-refractivity contribution in [3.05, 3.63) is 388 Å². The minimum atomic E-state index is -3.28. The van der Waals surface area contributed by atoms with Crippen molar-refractivity contribution in [2.75, 3.05) is 14.4 Å². The number of para-hydroxylation sites is 5. The molecule has 0 bridgehead atoms. The van der Waals surface area contributed by atoms with E-state index in [1.807, 2.05) is 0 Å². The van der Waals surface area contributed by atoms with Gasteiger partial charge in [0.1, 0.15) is 0 Å². The van der Waals surface area contributed by atoms with Crippen molar-refractivity contribution >= 4 is 145 Å². The van der Waals surface area contributed by atoms with Crippen molar-refractivity contribution in [1.82, 2.24) is 0 Å². The summed E-state index contributed by atoms with van der Waals surface area (Å²) in [5.74, 6) is 0. The Kier molecular flexibility index (Phi) is 13.1. The van der Waals surface area contributed by atoms with Gasteiger partial charge in [-0.15, -0.1) is 0 Å². The summed E-state index contributed by atoms with van der Waals surface area (Å²) in [4.78, 5) is 7.95. The summed E-state index contributed by atoms with van der Waals surface area (Å²) >= 11 is 0. The maximum absolute atomic E-state index is 3.28. The molecule has 3 nitrogen and oxygen atoms in total. The molecular formula is C96H64B3N3Si2. The fourth-order valence-electron chi connectivity index (χ4n) is 19.8. The van der Waals surface area contributed by atoms with Gasteiger partial charge in [0.25, 0.3) is 0 Å². The van der Waals surface area contributed by atoms with Gasteiger partial charge in [-0.2, -0.15) is 0 Å². The number of hydrogen-bond donors (Lipinski definition) is 0. The van der Waals surface area contributed by atoms with E-state index in [4.69, 9.17) is 0 Å². The quantitative estimate of drug-likeness (QED) is 0.111. The lowest BCUT2D eigenvalue weighted by molar-refractivity contribution is 1.35. The number of rotatable bonds is 8. The molecule has 0 atom stereocenters. The average molecular weight is 1350 g/mol. The molecule has 0 spiro atoms. The van der Waals surface area contributed by atoms with E-state index in [1.165, 1.54) is 175 Å². The molecule has 104 heavy (non-hydrogen) atoms. The third-order valence-electron chi connectivity index (χ3n) is 24.0. The van der Waals surface area contributed by atoms with Crippen molar-refractivity contribution in [3.63, 3.8) is 0 Å². The Labute approximate surface area is 610 Å². The summed E-state index contributed by atoms with van der Waals surface area (Å²) in [6.07, 6.45) is 0. The zero-order chi connectivity index (χ0) is 68.2. The van der Waals surface area contributed by atoms with Gasteiger partial charge in [0, 0.05) is 67.5 Å². The topological polar surface area (TPSA) is 9.72 Å². The van der Waals surface area contributed by atoms with Gasteiger partial charge < -0.3 is 14.4 Å². The lowest BCUT2D eigenvalue weighted by Gasteiger charge is -2.45. The molecule has 0 amide bonds. The Morgan fingerprint density at radius 2 is 0.375 bits per heavy atom. The van der Waals surface area contributed by atoms with Crippen LogP contribution in [0.5, 0.6) is 0 Å². The van der Waals surface area contributed by atoms with Crippen LogP contribution in [0, 0.1) is 0 Å². The van der Waals surface area contributed by atoms with Crippen molar-refractivity contribution in [1.29, 1.82) is 0 Å². The second-order valence-corrected chi connectivity index (χ2v) is 36.4. The van der Waals surface area contributed by atoms with E-state index in [-0.39, 0.29) is 20.5 Å². The molecule has 480 valence electrons. The molecular weight excluding hydrogens is 1280 g/mol. The summed E-state index contributed by atoms with van der Waals surface area (Å²) in [7, 11) is -6.53. The lowest BCUT2D eigenvalue weighted by atomic mass is 9.43. The first-order valence-electron chi connectivity index (χ1n) is 36.6. The van der Waals surface area contributed by atoms with E-state index in [2.05, 4.69) is 403 Å². The minimum absolute atomic E-state index is 0.0129. The van der Waals surface area contributed by atoms with Gasteiger partial charge in [0.05, 0.1) is 0 Å². The first-order chi connectivity index (χ1) is 51.6. The van der Waals surface area contributed by atoms with Gasteiger partial charge in [0.2, 0.25) is 0 Å². The molecule has 16 aromatic carbocycles. The number of fused-ring (bicyclic) bond motifs is 33. The summed E-state index contributed by atoms with van der Waals surface area (Å²) in [5.41, 5.74) is 30.6. The van der Waals surface area contributed by atoms with E-state index in [0.29, 0.717) is 0 Å². The van der Waals surface area contributed by atoms with E-state index in [0.717, 1.165) is 0 Å². The molecule has 0 unspecified atom stereocenters. The van der Waals surface area contributed by atoms with Gasteiger partial charge in [-0.05, 0) is 144 Å². The highest BCUT2D eigenvalue weighted by molar-refractivity contribution is 7.21. The van der Waals surface area contributed by atoms with E-state index in [1.54, 1.807) is 0 Å². The molecule has 8 heteroatoms. The smallest absolute Gasteiger partial charge is 0.329 e. The normalized spacial score (nSPS) is 13.5. The third-order valence-corrected chi connectivity index (χ3v) is 33.5. The van der Waals surface area contributed by atoms with Crippen LogP contribution in [-0.2, 0) is 0 Å². The van der Waals surface area contributed by atoms with Crippen molar-refractivity contribution in [2.24, 2.45) is 0 Å². The van der Waals surface area contributed by atoms with Gasteiger partial charge in [-0.3, -0.25) is 0 Å². The maximum Gasteiger partial charge on any atom is 0.329 e. The fraction of sp³-hybridized carbons (Fsp3) is 0. The van der Waals surface area contributed by atoms with Crippen LogP contribution in [0.25, 0.3) is 66.8 Å². The Morgan fingerprint density at radius 3 is 0.740 bits per heavy atom. The summed E-state index contributed by atoms with van der Waals surface area (Å²) in [6, 6.07) is 150. The zero-order valence-corrected chi connectivity index (χ0v) is 59.0. The Bertz CT molecular complexity index is 6130. The van der Waals surface area contributed by atoms with Crippen molar-refractivity contribution in [3.8, 4) is 66.8 Å². The first kappa shape index (κ1) is 59.3. The molecule has 16 aromatic rings. The summed E-state index contributed by atoms with van der Waals surface area (Å²) in [6.45, 7) is -0.171. The Morgan fingerprint density at radius 1 is 0.144 bits per heavy atom. The monoisotopic (exact) mass is 1350 g/mol. The standard InChI is InChI=1S/C96H64B3N3Si2/c1-5-29-65(30-6-1)103(66-31-7-2-8-32-66,69-54-58-88-82(61-69)80-43-19-27-51-94(80)100-91-48-24-16-40-77(91)74-38-14-22-46-86(74)98(88)100)70-55-59-89-83(62-70)81-44-20-28-52-95(81)101-93-50-26-18-42-79(93)76-57-53-72(64-90(76)99(89)101)104(67-33-9-3-10-34-67,68-35-11-4-12-36-68)71-56-60-96-84(63-71)75-39-15-23-47-87(75)97-85-45-21-13-37-73(85)78-41-17-25-49-92(78)102(96)97/h1-64H. The molecule has 0 saturated carbocycles. The zero-order valence-electron chi connectivity index (χ0n) is 57.0. The average Bonchev–Trinajstić information content (AvgIpc) is 0.696. The number of nitrogens with zero attached hydrogens (tertiary/aromatic N) is 3. The number of anilines is 6. The molecule has 0 saturated heterocycles. The highest BCUT2D eigenvalue weighted by atomic mass is 28.3. The SMILES string of the molecule is c1ccc([Si](c2ccccc2)(c2ccc3c(c2)-c2ccccc2N2B3c3ccccc3-c3ccccc32)c2ccc3c(c2)-c2ccccc2N2B3c3cc([Si](c4ccccc4)(c4ccccc4)c4ccc5c(c4)-c4ccccc4B4c6ccccc6-c6ccccc6N45)ccc3-c3ccccc32)cc1. The first-order valence-corrected chi connectivity index (χ1v) is 40.6. The van der Waals surface area contributed by atoms with Crippen molar-refractivity contribution in [2.45, 2.75) is 0 Å². The van der Waals surface area contributed by atoms with Crippen LogP contribution in [0.2, 0.25) is 0 Å². The van der Waals surface area contributed by atoms with E-state index in [9.17, 15) is 0 Å². The van der Waals surface area contributed by atoms with Crippen LogP contribution in [0.15, 0.2) is 388 Å². The second kappa shape index (κ2) is 23.0. The minimum Gasteiger partial charge on any atom is -0.376 e. The van der Waals surface area contributed by atoms with Crippen LogP contribution < -0.4 is 88.7 Å². The molecule has 6 heterocycles. The molecule has 22 rings (SSSR count). The Hall–Kier alpha value is -12.5. The molecule has 0 radical (unpaired) electrons. The molecule has 6 aliphatic heterocycles. The van der Waals surface area contributed by atoms with Crippen LogP contribution in [0.1, 0.15) is 0 Å². The highest BCUT2D eigenvalue weighted by Crippen LogP contribution is 2.50. The highest BCUT2D eigenvalue weighted by Gasteiger charge is 2.51. The van der Waals surface area contributed by atoms with Crippen LogP contribution in [-0.4, -0.2) is 36.7 Å². The molecule has 0 N–H and O–H groups in total. The van der Waals surface area contributed by atoms with Crippen LogP contribution in [0.4, 0.5) is 34.1 Å². The fourth-order valence-corrected chi connectivity index (χ4v) is 29.4. The number of benzene rings is 16. The maximum atomic E-state index is 2.69. The predicted octanol–water partition coefficient (Wildman–Crippen LogP) is 13.2. The van der Waals surface area contributed by atoms with Crippen LogP contribution in [0.3, 0.4) is 0 Å². The second-order valence-electron chi connectivity index (χ2n) is 28.8. The van der Waals surface area contributed by atoms with E-state index >= 15 is 0 Å². The van der Waals surface area contributed by atoms with Crippen LogP contribution >= 0.6 is 0 Å². The predicted molar refractivity (Wildman–Crippen MR) is 447 cm³/mol. The molecule has 0 aliphatic carbocycles. The summed E-state index contributed by atoms with van der Waals surface area (Å²) < 4.78 is 0. The van der Waals surface area contributed by atoms with Gasteiger partial charge in [0.15, 0.2) is 16.1 Å². The molecule has 0 aromatic heterocycles. The molecule has 0 fully saturated rings. The molecule has 6 aliphatic rings. The largest absolute Gasteiger partial charge is 0.376 e. The van der Waals surface area contributed by atoms with Gasteiger partial charge >= 0.3 is 20.5 Å². The van der Waals surface area contributed by atoms with Crippen molar-refractivity contribution < 1.29 is 0 Å². The summed E-state index contributed by atoms with van der Waals surface area (Å²) in [5, 5.41) is 10.8. The third kappa shape index (κ3) is 8.26. The lowest BCUT2D eigenvalue weighted by Crippen LogP contribution is -2.75. The van der Waals surface area contributed by atoms with E-state index < -0.39 is 16.1 Å². The van der Waals surface area contributed by atoms with Gasteiger partial charge in [-0.25, -0.2) is 0 Å².